The summed E-state index contributed by atoms with van der Waals surface area (Å²) in [7, 11) is 0. The second-order valence-corrected chi connectivity index (χ2v) is 11.6. The van der Waals surface area contributed by atoms with Gasteiger partial charge in [-0.1, -0.05) is 25.7 Å². The summed E-state index contributed by atoms with van der Waals surface area (Å²) in [5.74, 6) is -0.358. The third-order valence-electron chi connectivity index (χ3n) is 7.95. The van der Waals surface area contributed by atoms with Gasteiger partial charge in [-0.25, -0.2) is 0 Å². The molecule has 0 aromatic heterocycles. The number of carbonyl (C=O) groups is 4. The normalized spacial score (nSPS) is 17.6. The molecule has 10 nitrogen and oxygen atoms in total. The monoisotopic (exact) mass is 606 g/mol. The molecule has 4 amide bonds. The van der Waals surface area contributed by atoms with Crippen LogP contribution >= 0.6 is 0 Å². The molecule has 2 unspecified atom stereocenters. The Morgan fingerprint density at radius 3 is 1.32 bits per heavy atom. The van der Waals surface area contributed by atoms with Gasteiger partial charge in [0.15, 0.2) is 0 Å². The maximum absolute atomic E-state index is 12.3. The van der Waals surface area contributed by atoms with Crippen molar-refractivity contribution < 1.29 is 28.7 Å². The van der Waals surface area contributed by atoms with E-state index in [0.717, 1.165) is 77.4 Å². The fourth-order valence-electron chi connectivity index (χ4n) is 5.36. The first kappa shape index (κ1) is 33.1. The van der Waals surface area contributed by atoms with E-state index in [1.54, 1.807) is 48.5 Å². The Balaban J connectivity index is 0.991. The average molecular weight is 607 g/mol. The Kier molecular flexibility index (Phi) is 13.7. The molecule has 2 fully saturated rings. The van der Waals surface area contributed by atoms with Crippen LogP contribution < -0.4 is 21.3 Å². The maximum Gasteiger partial charge on any atom is 0.251 e. The third kappa shape index (κ3) is 11.7. The van der Waals surface area contributed by atoms with Crippen molar-refractivity contribution in [1.82, 2.24) is 10.6 Å². The minimum Gasteiger partial charge on any atom is -0.376 e. The van der Waals surface area contributed by atoms with E-state index in [0.29, 0.717) is 48.4 Å². The van der Waals surface area contributed by atoms with E-state index in [1.807, 2.05) is 0 Å². The lowest BCUT2D eigenvalue weighted by Crippen LogP contribution is -2.31. The molecule has 2 saturated heterocycles. The van der Waals surface area contributed by atoms with Gasteiger partial charge in [-0.3, -0.25) is 19.2 Å². The molecule has 4 rings (SSSR count). The first-order valence-corrected chi connectivity index (χ1v) is 16.1. The van der Waals surface area contributed by atoms with Crippen LogP contribution in [-0.4, -0.2) is 62.1 Å². The molecule has 2 atom stereocenters. The lowest BCUT2D eigenvalue weighted by molar-refractivity contribution is -0.117. The van der Waals surface area contributed by atoms with Crippen molar-refractivity contribution in [3.8, 4) is 0 Å². The second-order valence-electron chi connectivity index (χ2n) is 11.6. The quantitative estimate of drug-likeness (QED) is 0.183. The summed E-state index contributed by atoms with van der Waals surface area (Å²) in [5, 5.41) is 11.6. The van der Waals surface area contributed by atoms with Gasteiger partial charge in [-0.2, -0.15) is 0 Å². The van der Waals surface area contributed by atoms with E-state index < -0.39 is 0 Å². The molecule has 2 aliphatic heterocycles. The third-order valence-corrected chi connectivity index (χ3v) is 7.95. The van der Waals surface area contributed by atoms with E-state index in [2.05, 4.69) is 21.3 Å². The number of rotatable bonds is 17. The van der Waals surface area contributed by atoms with Gasteiger partial charge < -0.3 is 30.7 Å². The van der Waals surface area contributed by atoms with E-state index >= 15 is 0 Å². The van der Waals surface area contributed by atoms with E-state index in [9.17, 15) is 19.2 Å². The van der Waals surface area contributed by atoms with Crippen molar-refractivity contribution in [2.24, 2.45) is 0 Å². The summed E-state index contributed by atoms with van der Waals surface area (Å²) in [6, 6.07) is 13.8. The lowest BCUT2D eigenvalue weighted by atomic mass is 10.1. The molecule has 2 aromatic rings. The number of ether oxygens (including phenoxy) is 2. The Hall–Kier alpha value is -3.76. The van der Waals surface area contributed by atoms with Crippen molar-refractivity contribution in [2.75, 3.05) is 36.9 Å². The predicted molar refractivity (Wildman–Crippen MR) is 170 cm³/mol. The van der Waals surface area contributed by atoms with E-state index in [4.69, 9.17) is 9.47 Å². The van der Waals surface area contributed by atoms with Crippen LogP contribution in [0.2, 0.25) is 0 Å². The number of carbonyl (C=O) groups excluding carboxylic acids is 4. The average Bonchev–Trinajstić information content (AvgIpc) is 3.76. The van der Waals surface area contributed by atoms with Gasteiger partial charge in [0.1, 0.15) is 0 Å². The van der Waals surface area contributed by atoms with E-state index in [1.165, 1.54) is 0 Å². The fraction of sp³-hybridized carbons (Fsp3) is 0.529. The highest BCUT2D eigenvalue weighted by Gasteiger charge is 2.18. The largest absolute Gasteiger partial charge is 0.376 e. The molecule has 0 spiro atoms. The summed E-state index contributed by atoms with van der Waals surface area (Å²) < 4.78 is 11.1. The molecule has 0 aliphatic carbocycles. The molecule has 0 radical (unpaired) electrons. The Bertz CT molecular complexity index is 1110. The molecule has 10 heteroatoms. The first-order chi connectivity index (χ1) is 21.5. The minimum absolute atomic E-state index is 0.0374. The summed E-state index contributed by atoms with van der Waals surface area (Å²) in [6.07, 6.45) is 10.7. The summed E-state index contributed by atoms with van der Waals surface area (Å²) in [5.41, 5.74) is 2.46. The topological polar surface area (TPSA) is 135 Å². The minimum atomic E-state index is -0.142. The summed E-state index contributed by atoms with van der Waals surface area (Å²) >= 11 is 0. The van der Waals surface area contributed by atoms with Crippen LogP contribution in [0.3, 0.4) is 0 Å². The predicted octanol–water partition coefficient (Wildman–Crippen LogP) is 5.20. The molecule has 2 aliphatic rings. The molecule has 44 heavy (non-hydrogen) atoms. The Morgan fingerprint density at radius 2 is 0.955 bits per heavy atom. The number of hydrogen-bond acceptors (Lipinski definition) is 6. The first-order valence-electron chi connectivity index (χ1n) is 16.1. The number of hydrogen-bond donors (Lipinski definition) is 4. The number of anilines is 2. The molecule has 0 bridgehead atoms. The molecule has 2 aromatic carbocycles. The molecular formula is C34H46N4O6. The van der Waals surface area contributed by atoms with E-state index in [-0.39, 0.29) is 35.8 Å². The Labute approximate surface area is 260 Å². The maximum atomic E-state index is 12.3. The van der Waals surface area contributed by atoms with Crippen LogP contribution in [0.25, 0.3) is 0 Å². The lowest BCUT2D eigenvalue weighted by Gasteiger charge is -2.11. The van der Waals surface area contributed by atoms with Gasteiger partial charge in [0.25, 0.3) is 11.8 Å². The van der Waals surface area contributed by atoms with Crippen molar-refractivity contribution in [2.45, 2.75) is 89.3 Å². The van der Waals surface area contributed by atoms with Crippen LogP contribution in [0, 0.1) is 0 Å². The Morgan fingerprint density at radius 1 is 0.568 bits per heavy atom. The highest BCUT2D eigenvalue weighted by molar-refractivity contribution is 5.96. The van der Waals surface area contributed by atoms with Crippen LogP contribution in [0.5, 0.6) is 0 Å². The van der Waals surface area contributed by atoms with Gasteiger partial charge in [0.2, 0.25) is 11.8 Å². The standard InChI is InChI=1S/C34H46N4O6/c39-31(37-27-17-13-25(14-18-27)33(41)35-23-29-9-7-21-43-29)11-5-3-1-2-4-6-12-32(40)38-28-19-15-26(16-20-28)34(42)36-24-30-10-8-22-44-30/h13-20,29-30H,1-12,21-24H2,(H,35,41)(H,36,42)(H,37,39)(H,38,40). The van der Waals surface area contributed by atoms with Crippen LogP contribution in [0.15, 0.2) is 48.5 Å². The van der Waals surface area contributed by atoms with Gasteiger partial charge in [0.05, 0.1) is 12.2 Å². The van der Waals surface area contributed by atoms with Crippen LogP contribution in [0.1, 0.15) is 97.8 Å². The molecular weight excluding hydrogens is 560 g/mol. The summed E-state index contributed by atoms with van der Waals surface area (Å²) in [4.78, 5) is 49.2. The highest BCUT2D eigenvalue weighted by Crippen LogP contribution is 2.16. The number of nitrogens with one attached hydrogen (secondary N) is 4. The zero-order chi connectivity index (χ0) is 31.0. The second kappa shape index (κ2) is 18.1. The molecule has 2 heterocycles. The van der Waals surface area contributed by atoms with Crippen molar-refractivity contribution >= 4 is 35.0 Å². The number of benzene rings is 2. The smallest absolute Gasteiger partial charge is 0.251 e. The van der Waals surface area contributed by atoms with Crippen molar-refractivity contribution in [3.63, 3.8) is 0 Å². The highest BCUT2D eigenvalue weighted by atomic mass is 16.5. The van der Waals surface area contributed by atoms with Crippen molar-refractivity contribution in [3.05, 3.63) is 59.7 Å². The summed E-state index contributed by atoms with van der Waals surface area (Å²) in [6.45, 7) is 2.55. The van der Waals surface area contributed by atoms with Gasteiger partial charge in [-0.05, 0) is 87.1 Å². The van der Waals surface area contributed by atoms with Crippen LogP contribution in [-0.2, 0) is 19.1 Å². The van der Waals surface area contributed by atoms with Gasteiger partial charge in [0, 0.05) is 61.6 Å². The van der Waals surface area contributed by atoms with Gasteiger partial charge in [-0.15, -0.1) is 0 Å². The fourth-order valence-corrected chi connectivity index (χ4v) is 5.36. The SMILES string of the molecule is O=C(CCCCCCCCC(=O)Nc1ccc(C(=O)NCC2CCCO2)cc1)Nc1ccc(C(=O)NCC2CCCO2)cc1. The number of amides is 4. The molecule has 0 saturated carbocycles. The van der Waals surface area contributed by atoms with Crippen LogP contribution in [0.4, 0.5) is 11.4 Å². The zero-order valence-corrected chi connectivity index (χ0v) is 25.5. The molecule has 238 valence electrons. The number of unbranched alkanes of at least 4 members (excludes halogenated alkanes) is 5. The zero-order valence-electron chi connectivity index (χ0n) is 25.5. The van der Waals surface area contributed by atoms with Crippen molar-refractivity contribution in [1.29, 1.82) is 0 Å². The van der Waals surface area contributed by atoms with Gasteiger partial charge >= 0.3 is 0 Å². The molecule has 4 N–H and O–H groups in total.